The van der Waals surface area contributed by atoms with Crippen molar-refractivity contribution in [2.45, 2.75) is 12.5 Å². The van der Waals surface area contributed by atoms with Gasteiger partial charge in [0.25, 0.3) is 0 Å². The van der Waals surface area contributed by atoms with Crippen LogP contribution < -0.4 is 5.32 Å². The molecular formula is C8H14ClNO3S. The van der Waals surface area contributed by atoms with E-state index in [-0.39, 0.29) is 11.7 Å². The first-order valence-electron chi connectivity index (χ1n) is 4.07. The van der Waals surface area contributed by atoms with Crippen molar-refractivity contribution in [2.24, 2.45) is 0 Å². The molecule has 0 fully saturated rings. The van der Waals surface area contributed by atoms with Crippen molar-refractivity contribution in [2.75, 3.05) is 25.0 Å². The summed E-state index contributed by atoms with van der Waals surface area (Å²) in [6.45, 7) is 0. The van der Waals surface area contributed by atoms with Gasteiger partial charge in [-0.2, -0.15) is 11.8 Å². The molecule has 0 aliphatic carbocycles. The predicted octanol–water partition coefficient (Wildman–Crippen LogP) is 1.27. The molecule has 0 saturated heterocycles. The van der Waals surface area contributed by atoms with Crippen LogP contribution in [0.1, 0.15) is 6.42 Å². The van der Waals surface area contributed by atoms with Crippen LogP contribution >= 0.6 is 23.4 Å². The van der Waals surface area contributed by atoms with Crippen LogP contribution in [0.5, 0.6) is 0 Å². The number of methoxy groups -OCH3 is 1. The van der Waals surface area contributed by atoms with Gasteiger partial charge in [-0.1, -0.05) is 0 Å². The molecule has 0 aliphatic rings. The summed E-state index contributed by atoms with van der Waals surface area (Å²) in [7, 11) is 1.26. The van der Waals surface area contributed by atoms with Crippen molar-refractivity contribution >= 4 is 35.2 Å². The van der Waals surface area contributed by atoms with E-state index in [2.05, 4.69) is 10.1 Å². The van der Waals surface area contributed by atoms with Crippen LogP contribution in [0.15, 0.2) is 0 Å². The number of halogens is 1. The third-order valence-electron chi connectivity index (χ3n) is 1.61. The van der Waals surface area contributed by atoms with Gasteiger partial charge >= 0.3 is 6.09 Å². The number of hydrogen-bond acceptors (Lipinski definition) is 4. The fourth-order valence-electron chi connectivity index (χ4n) is 0.844. The maximum atomic E-state index is 11.3. The van der Waals surface area contributed by atoms with E-state index >= 15 is 0 Å². The molecule has 0 radical (unpaired) electrons. The molecule has 0 bridgehead atoms. The summed E-state index contributed by atoms with van der Waals surface area (Å²) in [6, 6.07) is -0.535. The van der Waals surface area contributed by atoms with E-state index < -0.39 is 12.1 Å². The van der Waals surface area contributed by atoms with Gasteiger partial charge in [0.1, 0.15) is 0 Å². The number of hydrogen-bond donors (Lipinski definition) is 1. The van der Waals surface area contributed by atoms with E-state index in [1.54, 1.807) is 11.8 Å². The molecule has 1 unspecified atom stereocenters. The number of thioether (sulfide) groups is 1. The second-order valence-electron chi connectivity index (χ2n) is 2.57. The SMILES string of the molecule is COC(=O)NC(CCSC)C(=O)CCl. The highest BCUT2D eigenvalue weighted by Crippen LogP contribution is 2.03. The molecule has 0 saturated carbocycles. The lowest BCUT2D eigenvalue weighted by Crippen LogP contribution is -2.41. The van der Waals surface area contributed by atoms with Crippen LogP contribution in [0.3, 0.4) is 0 Å². The lowest BCUT2D eigenvalue weighted by molar-refractivity contribution is -0.118. The molecule has 1 N–H and O–H groups in total. The first-order valence-corrected chi connectivity index (χ1v) is 6.00. The predicted molar refractivity (Wildman–Crippen MR) is 58.1 cm³/mol. The molecule has 0 aliphatic heterocycles. The van der Waals surface area contributed by atoms with Crippen LogP contribution in [-0.2, 0) is 9.53 Å². The maximum Gasteiger partial charge on any atom is 0.407 e. The highest BCUT2D eigenvalue weighted by atomic mass is 35.5. The summed E-state index contributed by atoms with van der Waals surface area (Å²) in [4.78, 5) is 22.1. The quantitative estimate of drug-likeness (QED) is 0.710. The van der Waals surface area contributed by atoms with Crippen LogP contribution in [0.2, 0.25) is 0 Å². The number of carbonyl (C=O) groups is 2. The number of ether oxygens (including phenoxy) is 1. The Kier molecular flexibility index (Phi) is 7.70. The number of rotatable bonds is 6. The Morgan fingerprint density at radius 1 is 1.57 bits per heavy atom. The van der Waals surface area contributed by atoms with Crippen molar-refractivity contribution in [1.82, 2.24) is 5.32 Å². The molecule has 0 aromatic heterocycles. The Morgan fingerprint density at radius 2 is 2.21 bits per heavy atom. The third kappa shape index (κ3) is 5.34. The second-order valence-corrected chi connectivity index (χ2v) is 3.82. The number of nitrogens with one attached hydrogen (secondary N) is 1. The fraction of sp³-hybridized carbons (Fsp3) is 0.750. The monoisotopic (exact) mass is 239 g/mol. The van der Waals surface area contributed by atoms with Crippen molar-refractivity contribution < 1.29 is 14.3 Å². The zero-order chi connectivity index (χ0) is 11.0. The Balaban J connectivity index is 4.09. The largest absolute Gasteiger partial charge is 0.453 e. The minimum Gasteiger partial charge on any atom is -0.453 e. The van der Waals surface area contributed by atoms with E-state index in [1.807, 2.05) is 6.26 Å². The van der Waals surface area contributed by atoms with Crippen molar-refractivity contribution in [3.05, 3.63) is 0 Å². The van der Waals surface area contributed by atoms with Crippen LogP contribution in [-0.4, -0.2) is 42.9 Å². The highest BCUT2D eigenvalue weighted by molar-refractivity contribution is 7.98. The molecule has 0 aromatic carbocycles. The topological polar surface area (TPSA) is 55.4 Å². The zero-order valence-corrected chi connectivity index (χ0v) is 9.78. The molecule has 1 atom stereocenters. The first kappa shape index (κ1) is 13.6. The normalized spacial score (nSPS) is 11.9. The Morgan fingerprint density at radius 3 is 2.64 bits per heavy atom. The summed E-state index contributed by atoms with van der Waals surface area (Å²) in [5.41, 5.74) is 0. The summed E-state index contributed by atoms with van der Waals surface area (Å²) >= 11 is 7.01. The molecule has 4 nitrogen and oxygen atoms in total. The lowest BCUT2D eigenvalue weighted by atomic mass is 10.1. The number of Topliss-reactive ketones (excluding diaryl/α,β-unsaturated/α-hetero) is 1. The van der Waals surface area contributed by atoms with Gasteiger partial charge in [0.05, 0.1) is 19.0 Å². The van der Waals surface area contributed by atoms with Gasteiger partial charge in [0.15, 0.2) is 5.78 Å². The van der Waals surface area contributed by atoms with E-state index in [9.17, 15) is 9.59 Å². The van der Waals surface area contributed by atoms with Gasteiger partial charge in [0, 0.05) is 0 Å². The van der Waals surface area contributed by atoms with E-state index in [1.165, 1.54) is 7.11 Å². The molecular weight excluding hydrogens is 226 g/mol. The van der Waals surface area contributed by atoms with E-state index in [0.717, 1.165) is 5.75 Å². The van der Waals surface area contributed by atoms with Crippen molar-refractivity contribution in [3.8, 4) is 0 Å². The molecule has 0 spiro atoms. The number of alkyl halides is 1. The smallest absolute Gasteiger partial charge is 0.407 e. The average Bonchev–Trinajstić information content (AvgIpc) is 2.22. The van der Waals surface area contributed by atoms with Gasteiger partial charge in [-0.3, -0.25) is 4.79 Å². The van der Waals surface area contributed by atoms with Crippen molar-refractivity contribution in [1.29, 1.82) is 0 Å². The first-order chi connectivity index (χ1) is 6.65. The van der Waals surface area contributed by atoms with Crippen LogP contribution in [0.4, 0.5) is 4.79 Å². The zero-order valence-electron chi connectivity index (χ0n) is 8.21. The molecule has 0 aromatic rings. The van der Waals surface area contributed by atoms with E-state index in [0.29, 0.717) is 6.42 Å². The summed E-state index contributed by atoms with van der Waals surface area (Å²) in [5.74, 6) is 0.506. The van der Waals surface area contributed by atoms with Gasteiger partial charge < -0.3 is 10.1 Å². The minimum atomic E-state index is -0.602. The summed E-state index contributed by atoms with van der Waals surface area (Å²) in [5, 5.41) is 2.44. The molecule has 82 valence electrons. The van der Waals surface area contributed by atoms with Crippen molar-refractivity contribution in [3.63, 3.8) is 0 Å². The fourth-order valence-corrected chi connectivity index (χ4v) is 1.50. The number of amides is 1. The molecule has 0 rings (SSSR count). The number of carbonyl (C=O) groups excluding carboxylic acids is 2. The third-order valence-corrected chi connectivity index (χ3v) is 2.52. The van der Waals surface area contributed by atoms with Gasteiger partial charge in [-0.15, -0.1) is 11.6 Å². The van der Waals surface area contributed by atoms with Gasteiger partial charge in [-0.05, 0) is 18.4 Å². The second kappa shape index (κ2) is 7.94. The minimum absolute atomic E-state index is 0.0942. The number of alkyl carbamates (subject to hydrolysis) is 1. The Labute approximate surface area is 92.7 Å². The average molecular weight is 240 g/mol. The Bertz CT molecular complexity index is 201. The van der Waals surface area contributed by atoms with Crippen LogP contribution in [0, 0.1) is 0 Å². The number of ketones is 1. The van der Waals surface area contributed by atoms with Gasteiger partial charge in [0.2, 0.25) is 0 Å². The molecule has 6 heteroatoms. The molecule has 0 heterocycles. The van der Waals surface area contributed by atoms with Gasteiger partial charge in [-0.25, -0.2) is 4.79 Å². The highest BCUT2D eigenvalue weighted by Gasteiger charge is 2.19. The Hall–Kier alpha value is -0.420. The molecule has 1 amide bonds. The summed E-state index contributed by atoms with van der Waals surface area (Å²) < 4.78 is 4.40. The molecule has 14 heavy (non-hydrogen) atoms. The lowest BCUT2D eigenvalue weighted by Gasteiger charge is -2.14. The van der Waals surface area contributed by atoms with Crippen LogP contribution in [0.25, 0.3) is 0 Å². The standard InChI is InChI=1S/C8H14ClNO3S/c1-13-8(12)10-6(3-4-14-2)7(11)5-9/h6H,3-5H2,1-2H3,(H,10,12). The summed E-state index contributed by atoms with van der Waals surface area (Å²) in [6.07, 6.45) is 1.90. The maximum absolute atomic E-state index is 11.3. The van der Waals surface area contributed by atoms with E-state index in [4.69, 9.17) is 11.6 Å².